The van der Waals surface area contributed by atoms with Gasteiger partial charge in [-0.05, 0) is 19.3 Å². The Bertz CT molecular complexity index is 466. The molecule has 1 aromatic carbocycles. The van der Waals surface area contributed by atoms with Crippen LogP contribution in [0.15, 0.2) is 12.1 Å². The average Bonchev–Trinajstić information content (AvgIpc) is 2.24. The van der Waals surface area contributed by atoms with Gasteiger partial charge in [0.1, 0.15) is 23.0 Å². The van der Waals surface area contributed by atoms with Crippen molar-refractivity contribution in [1.82, 2.24) is 4.90 Å². The standard InChI is InChI=1S/C13H15F3N2O/c14-8-6-10(15)12(11(16)7-8)13(19)18(5-4-17)9-2-1-3-9/h6-7,9H,1-5,17H2. The van der Waals surface area contributed by atoms with E-state index >= 15 is 0 Å². The monoisotopic (exact) mass is 272 g/mol. The maximum atomic E-state index is 13.6. The van der Waals surface area contributed by atoms with Crippen molar-refractivity contribution in [2.75, 3.05) is 13.1 Å². The second-order valence-corrected chi connectivity index (χ2v) is 4.62. The molecule has 0 spiro atoms. The van der Waals surface area contributed by atoms with E-state index in [4.69, 9.17) is 5.73 Å². The predicted octanol–water partition coefficient (Wildman–Crippen LogP) is 2.06. The first-order valence-corrected chi connectivity index (χ1v) is 6.20. The Morgan fingerprint density at radius 1 is 1.26 bits per heavy atom. The van der Waals surface area contributed by atoms with Gasteiger partial charge in [-0.3, -0.25) is 4.79 Å². The zero-order valence-electron chi connectivity index (χ0n) is 10.3. The molecule has 0 saturated heterocycles. The molecule has 19 heavy (non-hydrogen) atoms. The molecular formula is C13H15F3N2O. The van der Waals surface area contributed by atoms with Gasteiger partial charge in [0.15, 0.2) is 0 Å². The number of hydrogen-bond donors (Lipinski definition) is 1. The van der Waals surface area contributed by atoms with Crippen LogP contribution in [0.3, 0.4) is 0 Å². The molecule has 1 aliphatic rings. The number of hydrogen-bond acceptors (Lipinski definition) is 2. The fraction of sp³-hybridized carbons (Fsp3) is 0.462. The molecule has 0 unspecified atom stereocenters. The maximum Gasteiger partial charge on any atom is 0.260 e. The normalized spacial score (nSPS) is 15.2. The first-order valence-electron chi connectivity index (χ1n) is 6.20. The van der Waals surface area contributed by atoms with Crippen LogP contribution in [0, 0.1) is 17.5 Å². The van der Waals surface area contributed by atoms with Crippen LogP contribution in [0.1, 0.15) is 29.6 Å². The number of nitrogens with zero attached hydrogens (tertiary/aromatic N) is 1. The highest BCUT2D eigenvalue weighted by atomic mass is 19.1. The quantitative estimate of drug-likeness (QED) is 0.912. The van der Waals surface area contributed by atoms with Crippen LogP contribution in [0.25, 0.3) is 0 Å². The molecular weight excluding hydrogens is 257 g/mol. The topological polar surface area (TPSA) is 46.3 Å². The van der Waals surface area contributed by atoms with Crippen LogP contribution in [0.4, 0.5) is 13.2 Å². The van der Waals surface area contributed by atoms with E-state index in [0.717, 1.165) is 19.3 Å². The third-order valence-electron chi connectivity index (χ3n) is 3.37. The predicted molar refractivity (Wildman–Crippen MR) is 64.0 cm³/mol. The molecule has 2 N–H and O–H groups in total. The summed E-state index contributed by atoms with van der Waals surface area (Å²) in [5.74, 6) is -4.15. The molecule has 0 atom stereocenters. The van der Waals surface area contributed by atoms with Crippen molar-refractivity contribution in [1.29, 1.82) is 0 Å². The minimum Gasteiger partial charge on any atom is -0.334 e. The Hall–Kier alpha value is -1.56. The fourth-order valence-corrected chi connectivity index (χ4v) is 2.18. The molecule has 6 heteroatoms. The van der Waals surface area contributed by atoms with Gasteiger partial charge in [-0.15, -0.1) is 0 Å². The fourth-order valence-electron chi connectivity index (χ4n) is 2.18. The molecule has 1 amide bonds. The summed E-state index contributed by atoms with van der Waals surface area (Å²) in [7, 11) is 0. The van der Waals surface area contributed by atoms with Crippen molar-refractivity contribution in [3.63, 3.8) is 0 Å². The Morgan fingerprint density at radius 3 is 2.26 bits per heavy atom. The number of carbonyl (C=O) groups excluding carboxylic acids is 1. The summed E-state index contributed by atoms with van der Waals surface area (Å²) in [6.07, 6.45) is 2.58. The third kappa shape index (κ3) is 2.73. The Morgan fingerprint density at radius 2 is 1.84 bits per heavy atom. The molecule has 1 aliphatic carbocycles. The summed E-state index contributed by atoms with van der Waals surface area (Å²) < 4.78 is 40.0. The van der Waals surface area contributed by atoms with Crippen molar-refractivity contribution >= 4 is 5.91 Å². The van der Waals surface area contributed by atoms with E-state index in [1.165, 1.54) is 4.90 Å². The zero-order chi connectivity index (χ0) is 14.0. The molecule has 0 bridgehead atoms. The molecule has 0 aliphatic heterocycles. The Balaban J connectivity index is 2.31. The minimum atomic E-state index is -1.18. The van der Waals surface area contributed by atoms with Crippen LogP contribution in [-0.2, 0) is 0 Å². The highest BCUT2D eigenvalue weighted by molar-refractivity contribution is 5.95. The van der Waals surface area contributed by atoms with Gasteiger partial charge in [0.2, 0.25) is 0 Å². The van der Waals surface area contributed by atoms with Gasteiger partial charge >= 0.3 is 0 Å². The third-order valence-corrected chi connectivity index (χ3v) is 3.37. The van der Waals surface area contributed by atoms with E-state index < -0.39 is 28.9 Å². The van der Waals surface area contributed by atoms with Crippen LogP contribution in [0.2, 0.25) is 0 Å². The number of carbonyl (C=O) groups is 1. The lowest BCUT2D eigenvalue weighted by atomic mass is 9.91. The van der Waals surface area contributed by atoms with Crippen molar-refractivity contribution in [2.45, 2.75) is 25.3 Å². The van der Waals surface area contributed by atoms with Gasteiger partial charge < -0.3 is 10.6 Å². The Kier molecular flexibility index (Phi) is 4.09. The molecule has 0 radical (unpaired) electrons. The van der Waals surface area contributed by atoms with Gasteiger partial charge in [-0.1, -0.05) is 0 Å². The Labute approximate surface area is 109 Å². The van der Waals surface area contributed by atoms with E-state index in [-0.39, 0.29) is 19.1 Å². The van der Waals surface area contributed by atoms with Crippen LogP contribution in [-0.4, -0.2) is 29.9 Å². The number of halogens is 3. The van der Waals surface area contributed by atoms with Crippen LogP contribution in [0.5, 0.6) is 0 Å². The highest BCUT2D eigenvalue weighted by Crippen LogP contribution is 2.27. The molecule has 0 aromatic heterocycles. The highest BCUT2D eigenvalue weighted by Gasteiger charge is 2.31. The molecule has 1 aromatic rings. The summed E-state index contributed by atoms with van der Waals surface area (Å²) >= 11 is 0. The summed E-state index contributed by atoms with van der Waals surface area (Å²) in [5, 5.41) is 0. The summed E-state index contributed by atoms with van der Waals surface area (Å²) in [6, 6.07) is 0.995. The number of nitrogens with two attached hydrogens (primary N) is 1. The lowest BCUT2D eigenvalue weighted by Crippen LogP contribution is -2.47. The molecule has 104 valence electrons. The second-order valence-electron chi connectivity index (χ2n) is 4.62. The molecule has 3 nitrogen and oxygen atoms in total. The molecule has 1 saturated carbocycles. The zero-order valence-corrected chi connectivity index (χ0v) is 10.3. The van der Waals surface area contributed by atoms with E-state index in [0.29, 0.717) is 12.1 Å². The van der Waals surface area contributed by atoms with E-state index in [1.807, 2.05) is 0 Å². The smallest absolute Gasteiger partial charge is 0.260 e. The van der Waals surface area contributed by atoms with Gasteiger partial charge in [-0.25, -0.2) is 13.2 Å². The first-order chi connectivity index (χ1) is 9.04. The summed E-state index contributed by atoms with van der Waals surface area (Å²) in [6.45, 7) is 0.451. The number of rotatable bonds is 4. The van der Waals surface area contributed by atoms with Crippen LogP contribution < -0.4 is 5.73 Å². The molecule has 0 heterocycles. The van der Waals surface area contributed by atoms with Crippen molar-refractivity contribution < 1.29 is 18.0 Å². The van der Waals surface area contributed by atoms with E-state index in [9.17, 15) is 18.0 Å². The van der Waals surface area contributed by atoms with Gasteiger partial charge in [0.25, 0.3) is 5.91 Å². The van der Waals surface area contributed by atoms with Crippen molar-refractivity contribution in [2.24, 2.45) is 5.73 Å². The lowest BCUT2D eigenvalue weighted by molar-refractivity contribution is 0.0578. The van der Waals surface area contributed by atoms with Crippen LogP contribution >= 0.6 is 0 Å². The average molecular weight is 272 g/mol. The van der Waals surface area contributed by atoms with E-state index in [2.05, 4.69) is 0 Å². The lowest BCUT2D eigenvalue weighted by Gasteiger charge is -2.37. The summed E-state index contributed by atoms with van der Waals surface area (Å²) in [5.41, 5.74) is 4.71. The van der Waals surface area contributed by atoms with E-state index in [1.54, 1.807) is 0 Å². The summed E-state index contributed by atoms with van der Waals surface area (Å²) in [4.78, 5) is 13.6. The largest absolute Gasteiger partial charge is 0.334 e. The SMILES string of the molecule is NCCN(C(=O)c1c(F)cc(F)cc1F)C1CCC1. The van der Waals surface area contributed by atoms with Gasteiger partial charge in [-0.2, -0.15) is 0 Å². The minimum absolute atomic E-state index is 0.0279. The van der Waals surface area contributed by atoms with Crippen molar-refractivity contribution in [3.05, 3.63) is 35.1 Å². The van der Waals surface area contributed by atoms with Gasteiger partial charge in [0, 0.05) is 31.3 Å². The van der Waals surface area contributed by atoms with Crippen molar-refractivity contribution in [3.8, 4) is 0 Å². The van der Waals surface area contributed by atoms with Gasteiger partial charge in [0.05, 0.1) is 0 Å². The first kappa shape index (κ1) is 13.9. The molecule has 1 fully saturated rings. The molecule has 2 rings (SSSR count). The second kappa shape index (κ2) is 5.61. The number of amides is 1. The number of benzene rings is 1. The maximum absolute atomic E-state index is 13.6.